The molecule has 92 valence electrons. The number of hydrogen-bond acceptors (Lipinski definition) is 0. The van der Waals surface area contributed by atoms with Gasteiger partial charge in [0.05, 0.1) is 0 Å². The number of rotatable bonds is 3. The predicted octanol–water partition coefficient (Wildman–Crippen LogP) is 3.44. The summed E-state index contributed by atoms with van der Waals surface area (Å²) in [6, 6.07) is 32.3. The summed E-state index contributed by atoms with van der Waals surface area (Å²) >= 11 is 0. The number of benzene rings is 3. The number of hydrogen-bond donors (Lipinski definition) is 0. The minimum absolute atomic E-state index is 0. The molecule has 0 radical (unpaired) electrons. The average Bonchev–Trinajstić information content (AvgIpc) is 2.51. The molecule has 3 aromatic carbocycles. The molecule has 0 spiro atoms. The smallest absolute Gasteiger partial charge is 0.0622 e. The van der Waals surface area contributed by atoms with Crippen LogP contribution < -0.4 is 15.9 Å². The Hall–Kier alpha value is -0.988. The predicted molar refractivity (Wildman–Crippen MR) is 85.1 cm³/mol. The van der Waals surface area contributed by atoms with Gasteiger partial charge in [-0.25, -0.2) is 0 Å². The van der Waals surface area contributed by atoms with E-state index in [9.17, 15) is 0 Å². The standard InChI is InChI=1S/C18H15P.Cd/c1-4-10-16(11-5-1)19(17-12-6-2-7-13-17)18-14-8-3-9-15-18;/h1-15H;/q;+2. The molecule has 0 saturated heterocycles. The summed E-state index contributed by atoms with van der Waals surface area (Å²) < 4.78 is 0. The van der Waals surface area contributed by atoms with Gasteiger partial charge in [-0.15, -0.1) is 0 Å². The van der Waals surface area contributed by atoms with Gasteiger partial charge in [0.2, 0.25) is 0 Å². The van der Waals surface area contributed by atoms with Crippen LogP contribution in [-0.2, 0) is 27.3 Å². The molecule has 0 aliphatic heterocycles. The molecule has 0 bridgehead atoms. The van der Waals surface area contributed by atoms with Crippen LogP contribution in [0.2, 0.25) is 0 Å². The van der Waals surface area contributed by atoms with Gasteiger partial charge in [-0.2, -0.15) is 0 Å². The Morgan fingerprint density at radius 2 is 0.650 bits per heavy atom. The van der Waals surface area contributed by atoms with Crippen LogP contribution in [-0.4, -0.2) is 0 Å². The molecule has 0 saturated carbocycles. The van der Waals surface area contributed by atoms with Crippen LogP contribution in [0.4, 0.5) is 0 Å². The van der Waals surface area contributed by atoms with E-state index in [0.717, 1.165) is 0 Å². The SMILES string of the molecule is [Cd+2].c1ccc(P(c2ccccc2)c2ccccc2)cc1. The van der Waals surface area contributed by atoms with Crippen LogP contribution in [0.5, 0.6) is 0 Å². The Morgan fingerprint density at radius 1 is 0.400 bits per heavy atom. The van der Waals surface area contributed by atoms with Gasteiger partial charge < -0.3 is 0 Å². The maximum Gasteiger partial charge on any atom is 2.00 e. The maximum absolute atomic E-state index is 2.23. The molecule has 0 aliphatic carbocycles. The fourth-order valence-corrected chi connectivity index (χ4v) is 4.48. The first kappa shape index (κ1) is 15.4. The molecular weight excluding hydrogens is 360 g/mol. The zero-order valence-electron chi connectivity index (χ0n) is 11.3. The van der Waals surface area contributed by atoms with Gasteiger partial charge >= 0.3 is 27.3 Å². The monoisotopic (exact) mass is 376 g/mol. The molecule has 0 aromatic heterocycles. The van der Waals surface area contributed by atoms with E-state index in [1.165, 1.54) is 15.9 Å². The summed E-state index contributed by atoms with van der Waals surface area (Å²) in [6.07, 6.45) is 0. The topological polar surface area (TPSA) is 0 Å². The van der Waals surface area contributed by atoms with E-state index in [1.54, 1.807) is 0 Å². The third-order valence-electron chi connectivity index (χ3n) is 3.04. The van der Waals surface area contributed by atoms with Crippen LogP contribution in [0.3, 0.4) is 0 Å². The van der Waals surface area contributed by atoms with Crippen molar-refractivity contribution >= 4 is 23.8 Å². The third kappa shape index (κ3) is 3.56. The van der Waals surface area contributed by atoms with Crippen molar-refractivity contribution in [1.82, 2.24) is 0 Å². The summed E-state index contributed by atoms with van der Waals surface area (Å²) in [5.74, 6) is 0. The summed E-state index contributed by atoms with van der Waals surface area (Å²) in [5, 5.41) is 4.19. The quantitative estimate of drug-likeness (QED) is 0.487. The van der Waals surface area contributed by atoms with E-state index in [1.807, 2.05) is 0 Å². The van der Waals surface area contributed by atoms with Crippen molar-refractivity contribution in [3.63, 3.8) is 0 Å². The van der Waals surface area contributed by atoms with Gasteiger partial charge in [0.25, 0.3) is 0 Å². The maximum atomic E-state index is 2.23. The third-order valence-corrected chi connectivity index (χ3v) is 5.49. The Bertz CT molecular complexity index is 529. The summed E-state index contributed by atoms with van der Waals surface area (Å²) in [5.41, 5.74) is 0. The molecule has 3 aromatic rings. The van der Waals surface area contributed by atoms with Gasteiger partial charge in [0.1, 0.15) is 0 Å². The summed E-state index contributed by atoms with van der Waals surface area (Å²) in [4.78, 5) is 0. The van der Waals surface area contributed by atoms with Crippen molar-refractivity contribution in [2.24, 2.45) is 0 Å². The fraction of sp³-hybridized carbons (Fsp3) is 0. The van der Waals surface area contributed by atoms with Crippen molar-refractivity contribution in [3.05, 3.63) is 91.0 Å². The van der Waals surface area contributed by atoms with Crippen LogP contribution in [0.15, 0.2) is 91.0 Å². The normalized spacial score (nSPS) is 10.1. The first-order valence-corrected chi connectivity index (χ1v) is 7.74. The zero-order chi connectivity index (χ0) is 12.9. The largest absolute Gasteiger partial charge is 2.00 e. The Morgan fingerprint density at radius 3 is 0.900 bits per heavy atom. The van der Waals surface area contributed by atoms with E-state index >= 15 is 0 Å². The zero-order valence-corrected chi connectivity index (χ0v) is 16.2. The van der Waals surface area contributed by atoms with Crippen molar-refractivity contribution in [2.75, 3.05) is 0 Å². The molecule has 0 heterocycles. The van der Waals surface area contributed by atoms with Crippen LogP contribution in [0, 0.1) is 0 Å². The van der Waals surface area contributed by atoms with E-state index in [-0.39, 0.29) is 27.3 Å². The van der Waals surface area contributed by atoms with E-state index in [2.05, 4.69) is 91.0 Å². The molecule has 0 amide bonds. The van der Waals surface area contributed by atoms with E-state index < -0.39 is 7.92 Å². The molecule has 0 nitrogen and oxygen atoms in total. The fourth-order valence-electron chi connectivity index (χ4n) is 2.18. The molecule has 20 heavy (non-hydrogen) atoms. The molecule has 0 fully saturated rings. The molecule has 0 atom stereocenters. The minimum Gasteiger partial charge on any atom is -0.0622 e. The summed E-state index contributed by atoms with van der Waals surface area (Å²) in [6.45, 7) is 0. The Labute approximate surface area is 141 Å². The van der Waals surface area contributed by atoms with Crippen molar-refractivity contribution in [2.45, 2.75) is 0 Å². The van der Waals surface area contributed by atoms with E-state index in [0.29, 0.717) is 0 Å². The Balaban J connectivity index is 0.00000147. The second-order valence-electron chi connectivity index (χ2n) is 4.34. The first-order chi connectivity index (χ1) is 9.45. The second-order valence-corrected chi connectivity index (χ2v) is 6.56. The summed E-state index contributed by atoms with van der Waals surface area (Å²) in [7, 11) is -0.446. The van der Waals surface area contributed by atoms with Crippen LogP contribution in [0.1, 0.15) is 0 Å². The van der Waals surface area contributed by atoms with Crippen molar-refractivity contribution in [3.8, 4) is 0 Å². The van der Waals surface area contributed by atoms with Gasteiger partial charge in [0.15, 0.2) is 0 Å². The molecule has 0 N–H and O–H groups in total. The molecule has 3 rings (SSSR count). The molecule has 0 unspecified atom stereocenters. The second kappa shape index (κ2) is 7.70. The van der Waals surface area contributed by atoms with Crippen molar-refractivity contribution < 1.29 is 27.3 Å². The molecule has 2 heteroatoms. The van der Waals surface area contributed by atoms with Gasteiger partial charge in [0, 0.05) is 0 Å². The van der Waals surface area contributed by atoms with Crippen LogP contribution in [0.25, 0.3) is 0 Å². The van der Waals surface area contributed by atoms with Crippen LogP contribution >= 0.6 is 7.92 Å². The van der Waals surface area contributed by atoms with Gasteiger partial charge in [-0.1, -0.05) is 91.0 Å². The first-order valence-electron chi connectivity index (χ1n) is 6.40. The average molecular weight is 375 g/mol. The molecular formula is C18H15CdP+2. The van der Waals surface area contributed by atoms with Gasteiger partial charge in [-0.05, 0) is 23.8 Å². The molecule has 0 aliphatic rings. The van der Waals surface area contributed by atoms with Gasteiger partial charge in [-0.3, -0.25) is 0 Å². The van der Waals surface area contributed by atoms with Crippen molar-refractivity contribution in [1.29, 1.82) is 0 Å². The minimum atomic E-state index is -0.446. The Kier molecular flexibility index (Phi) is 5.93. The van der Waals surface area contributed by atoms with E-state index in [4.69, 9.17) is 0 Å².